The summed E-state index contributed by atoms with van der Waals surface area (Å²) in [6.45, 7) is 0.471. The number of alkyl halides is 4. The first-order chi connectivity index (χ1) is 17.7. The second-order valence-electron chi connectivity index (χ2n) is 8.82. The Kier molecular flexibility index (Phi) is 7.39. The number of halogens is 5. The number of hydrogen-bond donors (Lipinski definition) is 1. The first-order valence-corrected chi connectivity index (χ1v) is 12.6. The summed E-state index contributed by atoms with van der Waals surface area (Å²) in [6, 6.07) is 9.09. The third-order valence-electron chi connectivity index (χ3n) is 5.73. The molecule has 1 aliphatic heterocycles. The van der Waals surface area contributed by atoms with E-state index in [-0.39, 0.29) is 17.9 Å². The molecule has 3 aromatic rings. The van der Waals surface area contributed by atoms with Crippen LogP contribution in [0.1, 0.15) is 19.0 Å². The van der Waals surface area contributed by atoms with Crippen molar-refractivity contribution >= 4 is 15.9 Å². The molecule has 8 nitrogen and oxygen atoms in total. The van der Waals surface area contributed by atoms with Crippen molar-refractivity contribution in [1.82, 2.24) is 19.6 Å². The summed E-state index contributed by atoms with van der Waals surface area (Å²) in [5.74, 6) is -1.81. The van der Waals surface area contributed by atoms with Crippen LogP contribution in [0.2, 0.25) is 0 Å². The molecule has 0 aliphatic carbocycles. The molecule has 1 aromatic heterocycles. The first-order valence-electron chi connectivity index (χ1n) is 11.1. The quantitative estimate of drug-likeness (QED) is 0.442. The third kappa shape index (κ3) is 6.42. The van der Waals surface area contributed by atoms with Gasteiger partial charge in [-0.05, 0) is 61.5 Å². The van der Waals surface area contributed by atoms with Gasteiger partial charge in [0, 0.05) is 18.5 Å². The maximum Gasteiger partial charge on any atom is 0.573 e. The van der Waals surface area contributed by atoms with E-state index in [0.29, 0.717) is 17.0 Å². The second kappa shape index (κ2) is 10.3. The van der Waals surface area contributed by atoms with Crippen LogP contribution in [-0.4, -0.2) is 53.2 Å². The largest absolute Gasteiger partial charge is 0.573 e. The van der Waals surface area contributed by atoms with E-state index in [1.807, 2.05) is 0 Å². The Bertz CT molecular complexity index is 1410. The van der Waals surface area contributed by atoms with Gasteiger partial charge in [0.15, 0.2) is 0 Å². The van der Waals surface area contributed by atoms with Crippen LogP contribution in [0.4, 0.5) is 22.0 Å². The van der Waals surface area contributed by atoms with Crippen LogP contribution in [0.25, 0.3) is 11.3 Å². The predicted octanol–water partition coefficient (Wildman–Crippen LogP) is 3.99. The van der Waals surface area contributed by atoms with Crippen molar-refractivity contribution in [2.45, 2.75) is 42.9 Å². The van der Waals surface area contributed by atoms with Gasteiger partial charge in [0.05, 0.1) is 22.8 Å². The summed E-state index contributed by atoms with van der Waals surface area (Å²) < 4.78 is 96.0. The number of sulfonamides is 1. The zero-order valence-corrected chi connectivity index (χ0v) is 20.6. The van der Waals surface area contributed by atoms with Crippen LogP contribution in [0, 0.1) is 5.82 Å². The zero-order chi connectivity index (χ0) is 27.7. The fraction of sp³-hybridized carbons (Fsp3) is 0.292. The second-order valence-corrected chi connectivity index (χ2v) is 10.7. The molecule has 1 fully saturated rings. The van der Waals surface area contributed by atoms with E-state index in [4.69, 9.17) is 0 Å². The van der Waals surface area contributed by atoms with Gasteiger partial charge in [-0.15, -0.1) is 13.2 Å². The Labute approximate surface area is 214 Å². The SMILES string of the molecule is CC1(F)C[C@@H](C(=O)NCc2cc(-c3ccc(OC(F)(F)F)cc3)ncn2)N(S(=O)(=O)c2ccc(F)cc2)C1. The van der Waals surface area contributed by atoms with Gasteiger partial charge in [-0.3, -0.25) is 4.79 Å². The number of rotatable bonds is 7. The lowest BCUT2D eigenvalue weighted by Crippen LogP contribution is -2.45. The highest BCUT2D eigenvalue weighted by molar-refractivity contribution is 7.89. The Hall–Kier alpha value is -3.65. The summed E-state index contributed by atoms with van der Waals surface area (Å²) in [6.07, 6.45) is -4.02. The molecule has 1 aliphatic rings. The van der Waals surface area contributed by atoms with E-state index in [1.54, 1.807) is 0 Å². The summed E-state index contributed by atoms with van der Waals surface area (Å²) in [5, 5.41) is 2.55. The maximum atomic E-state index is 14.9. The lowest BCUT2D eigenvalue weighted by molar-refractivity contribution is -0.274. The molecule has 1 unspecified atom stereocenters. The number of carbonyl (C=O) groups is 1. The van der Waals surface area contributed by atoms with Crippen LogP contribution in [0.15, 0.2) is 65.8 Å². The van der Waals surface area contributed by atoms with E-state index in [2.05, 4.69) is 20.0 Å². The van der Waals surface area contributed by atoms with Crippen molar-refractivity contribution in [3.8, 4) is 17.0 Å². The van der Waals surface area contributed by atoms with Gasteiger partial charge in [0.25, 0.3) is 0 Å². The third-order valence-corrected chi connectivity index (χ3v) is 7.60. The van der Waals surface area contributed by atoms with E-state index >= 15 is 0 Å². The number of nitrogens with one attached hydrogen (secondary N) is 1. The highest BCUT2D eigenvalue weighted by Crippen LogP contribution is 2.35. The van der Waals surface area contributed by atoms with Gasteiger partial charge >= 0.3 is 6.36 Å². The topological polar surface area (TPSA) is 101 Å². The normalized spacial score (nSPS) is 20.3. The number of nitrogens with zero attached hydrogens (tertiary/aromatic N) is 3. The molecular formula is C24H21F5N4O4S. The molecule has 2 aromatic carbocycles. The van der Waals surface area contributed by atoms with Crippen molar-refractivity contribution in [1.29, 1.82) is 0 Å². The molecule has 0 spiro atoms. The number of benzene rings is 2. The molecule has 1 amide bonds. The Balaban J connectivity index is 1.47. The molecule has 2 atom stereocenters. The standard InChI is InChI=1S/C24H21F5N4O4S/c1-23(26)11-21(33(13-23)38(35,36)19-8-4-16(25)5-9-19)22(34)30-12-17-10-20(32-14-31-17)15-2-6-18(7-3-15)37-24(27,28)29/h2-10,14,21H,11-13H2,1H3,(H,30,34)/t21-,23?/m0/s1. The van der Waals surface area contributed by atoms with E-state index < -0.39 is 52.1 Å². The van der Waals surface area contributed by atoms with Crippen LogP contribution in [-0.2, 0) is 21.4 Å². The minimum atomic E-state index is -4.82. The van der Waals surface area contributed by atoms with Crippen LogP contribution < -0.4 is 10.1 Å². The lowest BCUT2D eigenvalue weighted by Gasteiger charge is -2.23. The molecule has 4 rings (SSSR count). The smallest absolute Gasteiger partial charge is 0.406 e. The van der Waals surface area contributed by atoms with Crippen molar-refractivity contribution in [3.05, 3.63) is 72.4 Å². The Morgan fingerprint density at radius 2 is 1.79 bits per heavy atom. The summed E-state index contributed by atoms with van der Waals surface area (Å²) in [7, 11) is -4.30. The van der Waals surface area contributed by atoms with Gasteiger partial charge < -0.3 is 10.1 Å². The van der Waals surface area contributed by atoms with Crippen LogP contribution >= 0.6 is 0 Å². The molecule has 1 N–H and O–H groups in total. The van der Waals surface area contributed by atoms with Crippen molar-refractivity contribution in [2.75, 3.05) is 6.54 Å². The van der Waals surface area contributed by atoms with Crippen LogP contribution in [0.3, 0.4) is 0 Å². The highest BCUT2D eigenvalue weighted by Gasteiger charge is 2.49. The van der Waals surface area contributed by atoms with Crippen molar-refractivity contribution in [3.63, 3.8) is 0 Å². The van der Waals surface area contributed by atoms with E-state index in [0.717, 1.165) is 40.7 Å². The average molecular weight is 557 g/mol. The zero-order valence-electron chi connectivity index (χ0n) is 19.7. The maximum absolute atomic E-state index is 14.9. The average Bonchev–Trinajstić information content (AvgIpc) is 3.19. The molecule has 14 heteroatoms. The van der Waals surface area contributed by atoms with E-state index in [1.165, 1.54) is 31.5 Å². The van der Waals surface area contributed by atoms with Crippen molar-refractivity contribution in [2.24, 2.45) is 0 Å². The molecule has 38 heavy (non-hydrogen) atoms. The molecule has 202 valence electrons. The van der Waals surface area contributed by atoms with Crippen molar-refractivity contribution < 1.29 is 39.9 Å². The van der Waals surface area contributed by atoms with Gasteiger partial charge in [0.2, 0.25) is 15.9 Å². The molecule has 0 radical (unpaired) electrons. The number of amides is 1. The molecule has 2 heterocycles. The monoisotopic (exact) mass is 556 g/mol. The number of carbonyl (C=O) groups excluding carboxylic acids is 1. The highest BCUT2D eigenvalue weighted by atomic mass is 32.2. The minimum Gasteiger partial charge on any atom is -0.406 e. The fourth-order valence-corrected chi connectivity index (χ4v) is 5.69. The first kappa shape index (κ1) is 27.4. The molecular weight excluding hydrogens is 535 g/mol. The van der Waals surface area contributed by atoms with Gasteiger partial charge in [-0.25, -0.2) is 27.2 Å². The summed E-state index contributed by atoms with van der Waals surface area (Å²) in [4.78, 5) is 20.8. The van der Waals surface area contributed by atoms with Crippen LogP contribution in [0.5, 0.6) is 5.75 Å². The number of aromatic nitrogens is 2. The fourth-order valence-electron chi connectivity index (χ4n) is 4.00. The molecule has 0 saturated carbocycles. The predicted molar refractivity (Wildman–Crippen MR) is 124 cm³/mol. The van der Waals surface area contributed by atoms with Gasteiger partial charge in [0.1, 0.15) is 29.6 Å². The summed E-state index contributed by atoms with van der Waals surface area (Å²) >= 11 is 0. The van der Waals surface area contributed by atoms with Gasteiger partial charge in [-0.1, -0.05) is 0 Å². The molecule has 1 saturated heterocycles. The van der Waals surface area contributed by atoms with Gasteiger partial charge in [-0.2, -0.15) is 4.31 Å². The Morgan fingerprint density at radius 1 is 1.13 bits per heavy atom. The lowest BCUT2D eigenvalue weighted by atomic mass is 10.0. The summed E-state index contributed by atoms with van der Waals surface area (Å²) in [5.41, 5.74) is -0.859. The Morgan fingerprint density at radius 3 is 2.42 bits per heavy atom. The minimum absolute atomic E-state index is 0.159. The number of ether oxygens (including phenoxy) is 1. The van der Waals surface area contributed by atoms with E-state index in [9.17, 15) is 35.2 Å². The number of hydrogen-bond acceptors (Lipinski definition) is 6. The molecule has 0 bridgehead atoms.